The minimum absolute atomic E-state index is 0.00573. The molecule has 3 aliphatic heterocycles. The zero-order valence-corrected chi connectivity index (χ0v) is 35.0. The van der Waals surface area contributed by atoms with E-state index < -0.39 is 0 Å². The molecule has 0 radical (unpaired) electrons. The fourth-order valence-electron chi connectivity index (χ4n) is 10.3. The Hall–Kier alpha value is -6.92. The number of hydrogen-bond donors (Lipinski definition) is 1. The van der Waals surface area contributed by atoms with Gasteiger partial charge in [0.1, 0.15) is 5.82 Å². The molecule has 0 saturated heterocycles. The van der Waals surface area contributed by atoms with Crippen molar-refractivity contribution in [2.24, 2.45) is 0 Å². The third-order valence-corrected chi connectivity index (χ3v) is 13.1. The lowest BCUT2D eigenvalue weighted by Gasteiger charge is -2.46. The van der Waals surface area contributed by atoms with Gasteiger partial charge in [-0.1, -0.05) is 133 Å². The maximum atomic E-state index is 4.01. The Morgan fingerprint density at radius 3 is 1.67 bits per heavy atom. The van der Waals surface area contributed by atoms with Gasteiger partial charge in [0.15, 0.2) is 0 Å². The quantitative estimate of drug-likeness (QED) is 0.181. The topological polar surface area (TPSA) is 28.4 Å². The Morgan fingerprint density at radius 2 is 1.00 bits per heavy atom. The summed E-state index contributed by atoms with van der Waals surface area (Å²) in [5.41, 5.74) is 19.4. The largest absolute Gasteiger partial charge is 0.352 e. The second-order valence-corrected chi connectivity index (χ2v) is 18.7. The summed E-state index contributed by atoms with van der Waals surface area (Å²) < 4.78 is 5.08. The zero-order chi connectivity index (χ0) is 40.7. The summed E-state index contributed by atoms with van der Waals surface area (Å²) in [6, 6.07) is 61.0. The smallest absolute Gasteiger partial charge is 0.276 e. The fourth-order valence-corrected chi connectivity index (χ4v) is 10.3. The average Bonchev–Trinajstić information content (AvgIpc) is 3.79. The molecule has 12 rings (SSSR count). The van der Waals surface area contributed by atoms with Crippen molar-refractivity contribution in [2.75, 3.05) is 15.1 Å². The molecule has 2 aromatic heterocycles. The molecule has 7 aromatic carbocycles. The Labute approximate surface area is 352 Å². The van der Waals surface area contributed by atoms with Gasteiger partial charge in [-0.3, -0.25) is 9.47 Å². The summed E-state index contributed by atoms with van der Waals surface area (Å²) in [6.07, 6.45) is 0. The van der Waals surface area contributed by atoms with Crippen LogP contribution in [0.1, 0.15) is 52.7 Å². The molecular formula is C54H46BN5. The van der Waals surface area contributed by atoms with Crippen LogP contribution in [0.4, 0.5) is 45.6 Å². The Bertz CT molecular complexity index is 3200. The van der Waals surface area contributed by atoms with Crippen LogP contribution in [0, 0.1) is 0 Å². The van der Waals surface area contributed by atoms with E-state index in [0.717, 1.165) is 34.1 Å². The van der Waals surface area contributed by atoms with Gasteiger partial charge in [-0.25, -0.2) is 0 Å². The van der Waals surface area contributed by atoms with E-state index >= 15 is 0 Å². The molecule has 0 fully saturated rings. The van der Waals surface area contributed by atoms with Crippen LogP contribution < -0.4 is 31.6 Å². The highest BCUT2D eigenvalue weighted by atomic mass is 15.3. The van der Waals surface area contributed by atoms with Crippen molar-refractivity contribution in [3.8, 4) is 11.4 Å². The van der Waals surface area contributed by atoms with Crippen LogP contribution in [-0.4, -0.2) is 15.8 Å². The van der Waals surface area contributed by atoms with Crippen molar-refractivity contribution in [3.63, 3.8) is 0 Å². The molecule has 0 unspecified atom stereocenters. The highest BCUT2D eigenvalue weighted by Crippen LogP contribution is 2.55. The number of anilines is 8. The van der Waals surface area contributed by atoms with Crippen molar-refractivity contribution in [1.29, 1.82) is 0 Å². The van der Waals surface area contributed by atoms with E-state index in [2.05, 4.69) is 230 Å². The van der Waals surface area contributed by atoms with Gasteiger partial charge in [-0.05, 0) is 111 Å². The van der Waals surface area contributed by atoms with Crippen LogP contribution in [0.15, 0.2) is 164 Å². The monoisotopic (exact) mass is 775 g/mol. The van der Waals surface area contributed by atoms with Gasteiger partial charge in [0.05, 0.1) is 39.5 Å². The Morgan fingerprint density at radius 1 is 0.433 bits per heavy atom. The first kappa shape index (κ1) is 35.1. The first-order valence-electron chi connectivity index (χ1n) is 21.2. The van der Waals surface area contributed by atoms with E-state index in [1.54, 1.807) is 0 Å². The van der Waals surface area contributed by atoms with Crippen molar-refractivity contribution >= 4 is 90.7 Å². The lowest BCUT2D eigenvalue weighted by molar-refractivity contribution is 0.590. The average molecular weight is 776 g/mol. The molecule has 3 aliphatic rings. The van der Waals surface area contributed by atoms with Crippen molar-refractivity contribution in [2.45, 2.75) is 52.4 Å². The van der Waals surface area contributed by atoms with E-state index in [0.29, 0.717) is 0 Å². The first-order valence-corrected chi connectivity index (χ1v) is 21.2. The Balaban J connectivity index is 1.27. The molecule has 0 atom stereocenters. The second kappa shape index (κ2) is 12.3. The van der Waals surface area contributed by atoms with Gasteiger partial charge in [-0.15, -0.1) is 0 Å². The molecule has 290 valence electrons. The van der Waals surface area contributed by atoms with Crippen LogP contribution >= 0.6 is 0 Å². The maximum absolute atomic E-state index is 4.01. The molecule has 6 heteroatoms. The van der Waals surface area contributed by atoms with Crippen LogP contribution in [-0.2, 0) is 10.8 Å². The summed E-state index contributed by atoms with van der Waals surface area (Å²) >= 11 is 0. The van der Waals surface area contributed by atoms with Gasteiger partial charge in [0.2, 0.25) is 0 Å². The molecule has 1 N–H and O–H groups in total. The lowest BCUT2D eigenvalue weighted by Crippen LogP contribution is -2.63. The van der Waals surface area contributed by atoms with Gasteiger partial charge in [-0.2, -0.15) is 0 Å². The molecular weight excluding hydrogens is 729 g/mol. The van der Waals surface area contributed by atoms with E-state index in [1.807, 2.05) is 0 Å². The molecule has 0 spiro atoms. The second-order valence-electron chi connectivity index (χ2n) is 18.7. The zero-order valence-electron chi connectivity index (χ0n) is 35.0. The number of hydrogen-bond acceptors (Lipinski definition) is 3. The maximum Gasteiger partial charge on any atom is 0.276 e. The predicted molar refractivity (Wildman–Crippen MR) is 255 cm³/mol. The summed E-state index contributed by atoms with van der Waals surface area (Å²) in [6.45, 7) is 13.7. The fraction of sp³-hybridized carbons (Fsp3) is 0.148. The molecule has 5 nitrogen and oxygen atoms in total. The van der Waals surface area contributed by atoms with Crippen LogP contribution in [0.25, 0.3) is 33.2 Å². The van der Waals surface area contributed by atoms with Gasteiger partial charge >= 0.3 is 0 Å². The highest BCUT2D eigenvalue weighted by Gasteiger charge is 2.51. The summed E-state index contributed by atoms with van der Waals surface area (Å²) in [7, 11) is 0. The predicted octanol–water partition coefficient (Wildman–Crippen LogP) is 12.3. The molecule has 60 heavy (non-hydrogen) atoms. The molecule has 0 saturated carbocycles. The molecule has 0 bridgehead atoms. The summed E-state index contributed by atoms with van der Waals surface area (Å²) in [5.74, 6) is 1.18. The molecule has 0 amide bonds. The van der Waals surface area contributed by atoms with Gasteiger partial charge in [0, 0.05) is 33.7 Å². The minimum atomic E-state index is -0.110. The van der Waals surface area contributed by atoms with Gasteiger partial charge in [0.25, 0.3) is 6.71 Å². The minimum Gasteiger partial charge on any atom is -0.352 e. The van der Waals surface area contributed by atoms with E-state index in [-0.39, 0.29) is 17.5 Å². The summed E-state index contributed by atoms with van der Waals surface area (Å²) in [4.78, 5) is 5.15. The number of benzene rings is 7. The standard InChI is InChI=1S/C54H46BN5/c1-53(2,3)34-25-28-38(29-26-34)57-46-32-30-41-50-48(46)55(51-49(57)40-22-14-16-24-44(40)58(51)36-17-9-7-10-18-36)47-39-21-13-15-23-43(39)59(37-19-11-8-12-20-37)52(47)60(50)45-31-27-35(54(4,5)6)33-42(45)56-41/h7-33,56H,1-6H3. The number of fused-ring (bicyclic) bond motifs is 11. The molecule has 5 heterocycles. The number of nitrogens with one attached hydrogen (secondary N) is 1. The van der Waals surface area contributed by atoms with Crippen LogP contribution in [0.2, 0.25) is 0 Å². The number of para-hydroxylation sites is 4. The third kappa shape index (κ3) is 4.82. The normalized spacial score (nSPS) is 13.9. The number of nitrogens with zero attached hydrogens (tertiary/aromatic N) is 4. The van der Waals surface area contributed by atoms with Crippen molar-refractivity contribution in [1.82, 2.24) is 9.13 Å². The van der Waals surface area contributed by atoms with Crippen molar-refractivity contribution in [3.05, 3.63) is 175 Å². The number of aromatic nitrogens is 2. The number of rotatable bonds is 3. The van der Waals surface area contributed by atoms with E-state index in [1.165, 1.54) is 72.3 Å². The van der Waals surface area contributed by atoms with Crippen LogP contribution in [0.5, 0.6) is 0 Å². The van der Waals surface area contributed by atoms with Gasteiger partial charge < -0.3 is 14.8 Å². The van der Waals surface area contributed by atoms with Crippen LogP contribution in [0.3, 0.4) is 0 Å². The first-order chi connectivity index (χ1) is 29.1. The lowest BCUT2D eigenvalue weighted by atomic mass is 9.35. The SMILES string of the molecule is CC(C)(C)c1ccc(N2c3ccc4c5c3B(c3c(n(-c6ccccc6)c6ccccc36)N5c3ccc(C(C)(C)C)cc3N4)c3c2c2ccccc2n3-c2ccccc2)cc1. The molecule has 0 aliphatic carbocycles. The highest BCUT2D eigenvalue weighted by molar-refractivity contribution is 7.02. The third-order valence-electron chi connectivity index (χ3n) is 13.1. The summed E-state index contributed by atoms with van der Waals surface area (Å²) in [5, 5.41) is 6.50. The van der Waals surface area contributed by atoms with E-state index in [9.17, 15) is 0 Å². The van der Waals surface area contributed by atoms with E-state index in [4.69, 9.17) is 0 Å². The van der Waals surface area contributed by atoms with Crippen molar-refractivity contribution < 1.29 is 0 Å². The molecule has 9 aromatic rings. The Kier molecular flexibility index (Phi) is 7.19.